The van der Waals surface area contributed by atoms with Gasteiger partial charge in [-0.2, -0.15) is 0 Å². The van der Waals surface area contributed by atoms with Gasteiger partial charge in [0.2, 0.25) is 12.1 Å². The van der Waals surface area contributed by atoms with E-state index in [-0.39, 0.29) is 11.3 Å². The molecular weight excluding hydrogens is 285 g/mol. The molecule has 0 saturated heterocycles. The van der Waals surface area contributed by atoms with Gasteiger partial charge in [-0.15, -0.1) is 13.2 Å². The third-order valence-electron chi connectivity index (χ3n) is 2.65. The lowest BCUT2D eigenvalue weighted by Crippen LogP contribution is -2.40. The van der Waals surface area contributed by atoms with E-state index in [0.29, 0.717) is 0 Å². The molecule has 108 valence electrons. The van der Waals surface area contributed by atoms with Gasteiger partial charge in [-0.3, -0.25) is 14.9 Å². The maximum Gasteiger partial charge on any atom is 0.573 e. The molecule has 0 spiro atoms. The summed E-state index contributed by atoms with van der Waals surface area (Å²) in [6, 6.07) is 2.72. The summed E-state index contributed by atoms with van der Waals surface area (Å²) in [5.41, 5.74) is -2.86. The number of carbonyl (C=O) groups is 1. The van der Waals surface area contributed by atoms with Crippen LogP contribution in [0.4, 0.5) is 18.9 Å². The van der Waals surface area contributed by atoms with E-state index >= 15 is 0 Å². The molecule has 10 heteroatoms. The summed E-state index contributed by atoms with van der Waals surface area (Å²) in [6.45, 7) is -1.17. The Hall–Kier alpha value is -2.36. The molecule has 1 aliphatic heterocycles. The van der Waals surface area contributed by atoms with E-state index in [9.17, 15) is 33.2 Å². The Kier molecular flexibility index (Phi) is 3.05. The van der Waals surface area contributed by atoms with E-state index in [2.05, 4.69) is 10.1 Å². The highest BCUT2D eigenvalue weighted by Crippen LogP contribution is 2.39. The summed E-state index contributed by atoms with van der Waals surface area (Å²) in [4.78, 5) is 21.1. The molecule has 0 unspecified atom stereocenters. The van der Waals surface area contributed by atoms with Gasteiger partial charge in [0, 0.05) is 16.2 Å². The van der Waals surface area contributed by atoms with Crippen LogP contribution in [0.25, 0.3) is 0 Å². The number of hydrogen-bond donors (Lipinski definition) is 2. The topological polar surface area (TPSA) is 102 Å². The summed E-state index contributed by atoms with van der Waals surface area (Å²) >= 11 is 0. The average molecular weight is 292 g/mol. The highest BCUT2D eigenvalue weighted by atomic mass is 19.4. The third-order valence-corrected chi connectivity index (χ3v) is 2.65. The van der Waals surface area contributed by atoms with Crippen molar-refractivity contribution < 1.29 is 32.7 Å². The molecule has 0 aliphatic carbocycles. The maximum atomic E-state index is 12.1. The van der Waals surface area contributed by atoms with Gasteiger partial charge >= 0.3 is 6.36 Å². The van der Waals surface area contributed by atoms with Crippen LogP contribution < -0.4 is 10.1 Å². The first-order valence-electron chi connectivity index (χ1n) is 5.18. The van der Waals surface area contributed by atoms with Gasteiger partial charge in [-0.1, -0.05) is 0 Å². The zero-order valence-corrected chi connectivity index (χ0v) is 9.60. The number of anilines is 1. The lowest BCUT2D eigenvalue weighted by atomic mass is 9.95. The highest BCUT2D eigenvalue weighted by Gasteiger charge is 2.50. The van der Waals surface area contributed by atoms with E-state index in [1.807, 2.05) is 0 Å². The van der Waals surface area contributed by atoms with Crippen molar-refractivity contribution in [3.8, 4) is 5.75 Å². The number of fused-ring (bicyclic) bond motifs is 1. The number of aliphatic hydroxyl groups is 1. The first-order valence-corrected chi connectivity index (χ1v) is 5.18. The number of alkyl halides is 3. The van der Waals surface area contributed by atoms with E-state index in [4.69, 9.17) is 0 Å². The van der Waals surface area contributed by atoms with Gasteiger partial charge < -0.3 is 15.2 Å². The van der Waals surface area contributed by atoms with E-state index < -0.39 is 35.1 Å². The second-order valence-electron chi connectivity index (χ2n) is 4.06. The van der Waals surface area contributed by atoms with Crippen LogP contribution in [0.3, 0.4) is 0 Å². The maximum absolute atomic E-state index is 12.1. The summed E-state index contributed by atoms with van der Waals surface area (Å²) in [7, 11) is 0. The lowest BCUT2D eigenvalue weighted by Gasteiger charge is -2.16. The van der Waals surface area contributed by atoms with Crippen LogP contribution >= 0.6 is 0 Å². The monoisotopic (exact) mass is 292 g/mol. The molecule has 1 atom stereocenters. The Balaban J connectivity index is 2.42. The largest absolute Gasteiger partial charge is 0.573 e. The SMILES string of the molecule is O=C1Nc2ccc(OC(F)(F)F)cc2[C@@]1(O)C[N+](=O)[O-]. The molecule has 2 rings (SSSR count). The molecule has 0 aromatic heterocycles. The molecule has 0 bridgehead atoms. The number of nitrogens with one attached hydrogen (secondary N) is 1. The number of benzene rings is 1. The number of rotatable bonds is 3. The Morgan fingerprint density at radius 2 is 2.10 bits per heavy atom. The number of ether oxygens (including phenoxy) is 1. The third kappa shape index (κ3) is 2.50. The zero-order chi connectivity index (χ0) is 15.1. The lowest BCUT2D eigenvalue weighted by molar-refractivity contribution is -0.498. The number of amides is 1. The Morgan fingerprint density at radius 1 is 1.45 bits per heavy atom. The van der Waals surface area contributed by atoms with E-state index in [1.165, 1.54) is 0 Å². The Bertz CT molecular complexity index is 589. The minimum Gasteiger partial charge on any atom is -0.406 e. The molecule has 0 fully saturated rings. The molecule has 20 heavy (non-hydrogen) atoms. The minimum absolute atomic E-state index is 0.00567. The smallest absolute Gasteiger partial charge is 0.406 e. The normalized spacial score (nSPS) is 21.3. The molecule has 0 saturated carbocycles. The zero-order valence-electron chi connectivity index (χ0n) is 9.60. The average Bonchev–Trinajstić information content (AvgIpc) is 2.49. The second kappa shape index (κ2) is 4.34. The fourth-order valence-corrected chi connectivity index (χ4v) is 1.86. The summed E-state index contributed by atoms with van der Waals surface area (Å²) in [6.07, 6.45) is -4.95. The van der Waals surface area contributed by atoms with Gasteiger partial charge in [0.05, 0.1) is 0 Å². The molecule has 0 radical (unpaired) electrons. The predicted molar refractivity (Wildman–Crippen MR) is 57.5 cm³/mol. The summed E-state index contributed by atoms with van der Waals surface area (Å²) in [5.74, 6) is -1.76. The summed E-state index contributed by atoms with van der Waals surface area (Å²) < 4.78 is 39.9. The van der Waals surface area contributed by atoms with Gasteiger partial charge in [0.15, 0.2) is 0 Å². The molecule has 1 aliphatic rings. The first-order chi connectivity index (χ1) is 9.12. The fourth-order valence-electron chi connectivity index (χ4n) is 1.86. The quantitative estimate of drug-likeness (QED) is 0.639. The number of nitrogens with zero attached hydrogens (tertiary/aromatic N) is 1. The highest BCUT2D eigenvalue weighted by molar-refractivity contribution is 6.05. The van der Waals surface area contributed by atoms with Crippen LogP contribution in [0, 0.1) is 10.1 Å². The standard InChI is InChI=1S/C10H7F3N2O5/c11-10(12,13)20-5-1-2-7-6(3-5)9(17,4-15(18)19)8(16)14-7/h1-3,17H,4H2,(H,14,16)/t9-/m0/s1. The van der Waals surface area contributed by atoms with Gasteiger partial charge in [0.1, 0.15) is 5.75 Å². The Labute approximate surface area is 109 Å². The van der Waals surface area contributed by atoms with Crippen molar-refractivity contribution in [1.29, 1.82) is 0 Å². The van der Waals surface area contributed by atoms with Crippen molar-refractivity contribution in [2.75, 3.05) is 11.9 Å². The fraction of sp³-hybridized carbons (Fsp3) is 0.300. The van der Waals surface area contributed by atoms with Crippen molar-refractivity contribution in [2.45, 2.75) is 12.0 Å². The van der Waals surface area contributed by atoms with Crippen LogP contribution in [0.15, 0.2) is 18.2 Å². The molecule has 1 heterocycles. The van der Waals surface area contributed by atoms with Gasteiger partial charge in [-0.05, 0) is 18.2 Å². The molecule has 1 aromatic rings. The summed E-state index contributed by atoms with van der Waals surface area (Å²) in [5, 5.41) is 22.7. The van der Waals surface area contributed by atoms with Crippen LogP contribution in [0.2, 0.25) is 0 Å². The van der Waals surface area contributed by atoms with Gasteiger partial charge in [0.25, 0.3) is 5.91 Å². The molecule has 7 nitrogen and oxygen atoms in total. The van der Waals surface area contributed by atoms with E-state index in [0.717, 1.165) is 18.2 Å². The van der Waals surface area contributed by atoms with E-state index in [1.54, 1.807) is 0 Å². The number of halogens is 3. The number of hydrogen-bond acceptors (Lipinski definition) is 5. The van der Waals surface area contributed by atoms with Crippen molar-refractivity contribution in [3.63, 3.8) is 0 Å². The van der Waals surface area contributed by atoms with Crippen LogP contribution in [0.5, 0.6) is 5.75 Å². The molecule has 2 N–H and O–H groups in total. The van der Waals surface area contributed by atoms with Crippen molar-refractivity contribution in [2.24, 2.45) is 0 Å². The van der Waals surface area contributed by atoms with Gasteiger partial charge in [-0.25, -0.2) is 0 Å². The second-order valence-corrected chi connectivity index (χ2v) is 4.06. The van der Waals surface area contributed by atoms with Crippen molar-refractivity contribution >= 4 is 11.6 Å². The van der Waals surface area contributed by atoms with Crippen LogP contribution in [0.1, 0.15) is 5.56 Å². The van der Waals surface area contributed by atoms with Crippen LogP contribution in [-0.4, -0.2) is 28.8 Å². The molecular formula is C10H7F3N2O5. The first kappa shape index (κ1) is 14.1. The predicted octanol–water partition coefficient (Wildman–Crippen LogP) is 1.00. The molecule has 1 amide bonds. The van der Waals surface area contributed by atoms with Crippen molar-refractivity contribution in [1.82, 2.24) is 0 Å². The minimum atomic E-state index is -4.95. The Morgan fingerprint density at radius 3 is 2.65 bits per heavy atom. The number of carbonyl (C=O) groups excluding carboxylic acids is 1. The van der Waals surface area contributed by atoms with Crippen molar-refractivity contribution in [3.05, 3.63) is 33.9 Å². The van der Waals surface area contributed by atoms with Crippen LogP contribution in [-0.2, 0) is 10.4 Å². The molecule has 1 aromatic carbocycles. The number of nitro groups is 1.